The van der Waals surface area contributed by atoms with Gasteiger partial charge >= 0.3 is 0 Å². The number of aromatic nitrogens is 2. The summed E-state index contributed by atoms with van der Waals surface area (Å²) in [6, 6.07) is 6.51. The maximum atomic E-state index is 5.87. The Kier molecular flexibility index (Phi) is 5.08. The first-order chi connectivity index (χ1) is 11.9. The van der Waals surface area contributed by atoms with E-state index >= 15 is 0 Å². The van der Waals surface area contributed by atoms with Gasteiger partial charge in [0.15, 0.2) is 5.13 Å². The van der Waals surface area contributed by atoms with Crippen LogP contribution < -0.4 is 0 Å². The van der Waals surface area contributed by atoms with Gasteiger partial charge in [0.1, 0.15) is 0 Å². The Balaban J connectivity index is 1.51. The van der Waals surface area contributed by atoms with Crippen molar-refractivity contribution in [2.24, 2.45) is 0 Å². The number of hydrogen-bond donors (Lipinski definition) is 0. The zero-order valence-corrected chi connectivity index (χ0v) is 15.1. The average Bonchev–Trinajstić information content (AvgIpc) is 3.37. The molecule has 1 atom stereocenters. The van der Waals surface area contributed by atoms with Crippen LogP contribution in [0.3, 0.4) is 0 Å². The van der Waals surface area contributed by atoms with Gasteiger partial charge in [0.05, 0.1) is 6.10 Å². The van der Waals surface area contributed by atoms with E-state index in [1.165, 1.54) is 24.1 Å². The summed E-state index contributed by atoms with van der Waals surface area (Å²) in [6.07, 6.45) is 6.69. The van der Waals surface area contributed by atoms with Crippen LogP contribution in [0.25, 0.3) is 5.13 Å². The minimum atomic E-state index is 0.368. The van der Waals surface area contributed by atoms with E-state index in [4.69, 9.17) is 4.74 Å². The summed E-state index contributed by atoms with van der Waals surface area (Å²) < 4.78 is 8.06. The van der Waals surface area contributed by atoms with Crippen LogP contribution in [0.15, 0.2) is 46.7 Å². The Labute approximate surface area is 150 Å². The lowest BCUT2D eigenvalue weighted by atomic mass is 10.2. The minimum absolute atomic E-state index is 0.368. The molecule has 0 amide bonds. The van der Waals surface area contributed by atoms with Crippen molar-refractivity contribution in [2.45, 2.75) is 32.0 Å². The van der Waals surface area contributed by atoms with Crippen LogP contribution in [0.1, 0.15) is 24.1 Å². The molecule has 0 spiro atoms. The molecule has 4 nitrogen and oxygen atoms in total. The van der Waals surface area contributed by atoms with E-state index in [0.717, 1.165) is 31.4 Å². The number of nitrogens with zero attached hydrogens (tertiary/aromatic N) is 3. The molecule has 0 radical (unpaired) electrons. The molecule has 0 aromatic carbocycles. The predicted molar refractivity (Wildman–Crippen MR) is 98.8 cm³/mol. The van der Waals surface area contributed by atoms with Crippen molar-refractivity contribution in [2.75, 3.05) is 13.2 Å². The van der Waals surface area contributed by atoms with E-state index in [2.05, 4.69) is 49.6 Å². The molecule has 6 heteroatoms. The van der Waals surface area contributed by atoms with Crippen molar-refractivity contribution >= 4 is 22.7 Å². The SMILES string of the molecule is c1cc(CN(Cc2ccsc2)C[C@H]2CCCO2)n(-c2nccs2)c1. The van der Waals surface area contributed by atoms with Crippen molar-refractivity contribution < 1.29 is 4.74 Å². The van der Waals surface area contributed by atoms with Gasteiger partial charge in [-0.15, -0.1) is 11.3 Å². The Morgan fingerprint density at radius 3 is 3.04 bits per heavy atom. The topological polar surface area (TPSA) is 30.3 Å². The maximum absolute atomic E-state index is 5.87. The molecule has 1 saturated heterocycles. The summed E-state index contributed by atoms with van der Waals surface area (Å²) in [5, 5.41) is 7.44. The van der Waals surface area contributed by atoms with Crippen LogP contribution >= 0.6 is 22.7 Å². The summed E-state index contributed by atoms with van der Waals surface area (Å²) >= 11 is 3.43. The second-order valence-corrected chi connectivity index (χ2v) is 7.77. The first kappa shape index (κ1) is 16.0. The molecule has 1 aliphatic heterocycles. The molecule has 126 valence electrons. The van der Waals surface area contributed by atoms with Crippen molar-refractivity contribution in [1.82, 2.24) is 14.5 Å². The molecule has 4 rings (SSSR count). The van der Waals surface area contributed by atoms with Crippen LogP contribution in [0, 0.1) is 0 Å². The predicted octanol–water partition coefficient (Wildman–Crippen LogP) is 4.18. The lowest BCUT2D eigenvalue weighted by Gasteiger charge is -2.25. The second kappa shape index (κ2) is 7.61. The number of thiophene rings is 1. The van der Waals surface area contributed by atoms with Crippen molar-refractivity contribution in [3.63, 3.8) is 0 Å². The molecule has 0 aliphatic carbocycles. The Morgan fingerprint density at radius 2 is 2.29 bits per heavy atom. The van der Waals surface area contributed by atoms with Gasteiger partial charge in [-0.3, -0.25) is 9.47 Å². The summed E-state index contributed by atoms with van der Waals surface area (Å²) in [6.45, 7) is 3.76. The van der Waals surface area contributed by atoms with Crippen molar-refractivity contribution in [1.29, 1.82) is 0 Å². The zero-order chi connectivity index (χ0) is 16.2. The number of rotatable bonds is 7. The Bertz CT molecular complexity index is 730. The first-order valence-corrected chi connectivity index (χ1v) is 10.1. The summed E-state index contributed by atoms with van der Waals surface area (Å²) in [7, 11) is 0. The van der Waals surface area contributed by atoms with E-state index in [-0.39, 0.29) is 0 Å². The normalized spacial score (nSPS) is 17.8. The summed E-state index contributed by atoms with van der Waals surface area (Å²) in [4.78, 5) is 6.94. The zero-order valence-electron chi connectivity index (χ0n) is 13.5. The molecule has 1 aliphatic rings. The maximum Gasteiger partial charge on any atom is 0.193 e. The monoisotopic (exact) mass is 359 g/mol. The molecule has 24 heavy (non-hydrogen) atoms. The third-order valence-corrected chi connectivity index (χ3v) is 5.82. The fourth-order valence-corrected chi connectivity index (χ4v) is 4.51. The Morgan fingerprint density at radius 1 is 1.29 bits per heavy atom. The first-order valence-electron chi connectivity index (χ1n) is 8.29. The number of ether oxygens (including phenoxy) is 1. The molecule has 1 fully saturated rings. The van der Waals surface area contributed by atoms with Crippen LogP contribution in [-0.2, 0) is 17.8 Å². The molecular weight excluding hydrogens is 338 g/mol. The lowest BCUT2D eigenvalue weighted by molar-refractivity contribution is 0.0673. The molecule has 0 N–H and O–H groups in total. The third kappa shape index (κ3) is 3.78. The largest absolute Gasteiger partial charge is 0.377 e. The summed E-state index contributed by atoms with van der Waals surface area (Å²) in [5.41, 5.74) is 2.66. The smallest absolute Gasteiger partial charge is 0.193 e. The van der Waals surface area contributed by atoms with Crippen LogP contribution in [0.4, 0.5) is 0 Å². The Hall–Kier alpha value is -1.47. The van der Waals surface area contributed by atoms with Crippen LogP contribution in [0.5, 0.6) is 0 Å². The number of thiazole rings is 1. The van der Waals surface area contributed by atoms with Crippen LogP contribution in [0.2, 0.25) is 0 Å². The van der Waals surface area contributed by atoms with Crippen molar-refractivity contribution in [3.8, 4) is 5.13 Å². The fourth-order valence-electron chi connectivity index (χ4n) is 3.20. The molecule has 0 saturated carbocycles. The van der Waals surface area contributed by atoms with E-state index in [9.17, 15) is 0 Å². The van der Waals surface area contributed by atoms with E-state index in [1.54, 1.807) is 22.7 Å². The quantitative estimate of drug-likeness (QED) is 0.634. The molecular formula is C18H21N3OS2. The van der Waals surface area contributed by atoms with Gasteiger partial charge in [-0.2, -0.15) is 11.3 Å². The van der Waals surface area contributed by atoms with Gasteiger partial charge in [-0.05, 0) is 47.4 Å². The highest BCUT2D eigenvalue weighted by atomic mass is 32.1. The molecule has 3 aromatic rings. The lowest BCUT2D eigenvalue weighted by Crippen LogP contribution is -2.32. The summed E-state index contributed by atoms with van der Waals surface area (Å²) in [5.74, 6) is 0. The standard InChI is InChI=1S/C18H21N3OS2/c1-3-16(21(7-1)18-19-6-10-24-18)12-20(11-15-5-9-23-14-15)13-17-4-2-8-22-17/h1,3,5-7,9-10,14,17H,2,4,8,11-13H2/t17-/m1/s1. The highest BCUT2D eigenvalue weighted by Gasteiger charge is 2.20. The fraction of sp³-hybridized carbons (Fsp3) is 0.389. The highest BCUT2D eigenvalue weighted by Crippen LogP contribution is 2.21. The molecule has 0 bridgehead atoms. The average molecular weight is 360 g/mol. The molecule has 3 aromatic heterocycles. The molecule has 0 unspecified atom stereocenters. The van der Waals surface area contributed by atoms with Gasteiger partial charge in [0.25, 0.3) is 0 Å². The molecule has 4 heterocycles. The third-order valence-electron chi connectivity index (χ3n) is 4.32. The van der Waals surface area contributed by atoms with E-state index in [0.29, 0.717) is 6.10 Å². The van der Waals surface area contributed by atoms with Gasteiger partial charge in [-0.1, -0.05) is 0 Å². The number of hydrogen-bond acceptors (Lipinski definition) is 5. The van der Waals surface area contributed by atoms with Gasteiger partial charge in [-0.25, -0.2) is 4.98 Å². The second-order valence-electron chi connectivity index (χ2n) is 6.12. The van der Waals surface area contributed by atoms with Crippen molar-refractivity contribution in [3.05, 3.63) is 58.0 Å². The van der Waals surface area contributed by atoms with Gasteiger partial charge in [0, 0.05) is 49.7 Å². The van der Waals surface area contributed by atoms with Crippen LogP contribution in [-0.4, -0.2) is 33.7 Å². The van der Waals surface area contributed by atoms with Gasteiger partial charge in [0.2, 0.25) is 0 Å². The van der Waals surface area contributed by atoms with E-state index < -0.39 is 0 Å². The minimum Gasteiger partial charge on any atom is -0.377 e. The van der Waals surface area contributed by atoms with Gasteiger partial charge < -0.3 is 4.74 Å². The highest BCUT2D eigenvalue weighted by molar-refractivity contribution is 7.12. The van der Waals surface area contributed by atoms with E-state index in [1.807, 2.05) is 11.6 Å².